The van der Waals surface area contributed by atoms with Crippen LogP contribution in [0.2, 0.25) is 0 Å². The van der Waals surface area contributed by atoms with Gasteiger partial charge in [-0.25, -0.2) is 0 Å². The van der Waals surface area contributed by atoms with Crippen LogP contribution in [0.25, 0.3) is 0 Å². The molecule has 1 N–H and O–H groups in total. The van der Waals surface area contributed by atoms with E-state index < -0.39 is 0 Å². The maximum atomic E-state index is 12.2. The molecule has 0 radical (unpaired) electrons. The van der Waals surface area contributed by atoms with Crippen LogP contribution in [0, 0.1) is 0 Å². The van der Waals surface area contributed by atoms with E-state index in [4.69, 9.17) is 9.47 Å². The number of nitrogens with one attached hydrogen (secondary N) is 1. The van der Waals surface area contributed by atoms with E-state index in [0.717, 1.165) is 12.2 Å². The summed E-state index contributed by atoms with van der Waals surface area (Å²) in [6.07, 6.45) is 1.20. The van der Waals surface area contributed by atoms with E-state index >= 15 is 0 Å². The average molecular weight is 341 g/mol. The molecule has 0 aliphatic carbocycles. The van der Waals surface area contributed by atoms with Crippen LogP contribution in [0.4, 0.5) is 5.69 Å². The standard InChI is InChI=1S/C20H23NO4/c1-3-14-25-16-10-8-15(9-11-16)18(22)12-13-20(23)21-17-6-4-5-7-19(17)24-2/h4-11H,3,12-14H2,1-2H3,(H,21,23). The maximum absolute atomic E-state index is 12.2. The lowest BCUT2D eigenvalue weighted by Gasteiger charge is -2.09. The van der Waals surface area contributed by atoms with Crippen molar-refractivity contribution < 1.29 is 19.1 Å². The van der Waals surface area contributed by atoms with Crippen molar-refractivity contribution in [3.8, 4) is 11.5 Å². The molecule has 5 nitrogen and oxygen atoms in total. The number of rotatable bonds is 9. The molecule has 5 heteroatoms. The Kier molecular flexibility index (Phi) is 7.01. The molecule has 0 aliphatic rings. The minimum absolute atomic E-state index is 0.0720. The lowest BCUT2D eigenvalue weighted by atomic mass is 10.1. The summed E-state index contributed by atoms with van der Waals surface area (Å²) < 4.78 is 10.7. The van der Waals surface area contributed by atoms with E-state index in [9.17, 15) is 9.59 Å². The summed E-state index contributed by atoms with van der Waals surface area (Å²) in [6.45, 7) is 2.68. The Morgan fingerprint density at radius 3 is 2.40 bits per heavy atom. The van der Waals surface area contributed by atoms with Gasteiger partial charge in [-0.15, -0.1) is 0 Å². The number of ketones is 1. The molecule has 0 saturated heterocycles. The second kappa shape index (κ2) is 9.47. The summed E-state index contributed by atoms with van der Waals surface area (Å²) in [5, 5.41) is 2.76. The first kappa shape index (κ1) is 18.5. The van der Waals surface area contributed by atoms with Crippen molar-refractivity contribution in [2.75, 3.05) is 19.0 Å². The molecular formula is C20H23NO4. The SMILES string of the molecule is CCCOc1ccc(C(=O)CCC(=O)Nc2ccccc2OC)cc1. The van der Waals surface area contributed by atoms with Gasteiger partial charge in [-0.05, 0) is 42.8 Å². The predicted octanol–water partition coefficient (Wildman–Crippen LogP) is 4.09. The minimum atomic E-state index is -0.222. The van der Waals surface area contributed by atoms with Gasteiger partial charge < -0.3 is 14.8 Å². The van der Waals surface area contributed by atoms with Gasteiger partial charge in [0.15, 0.2) is 5.78 Å². The molecule has 2 rings (SSSR count). The predicted molar refractivity (Wildman–Crippen MR) is 97.4 cm³/mol. The Hall–Kier alpha value is -2.82. The van der Waals surface area contributed by atoms with E-state index in [0.29, 0.717) is 23.6 Å². The lowest BCUT2D eigenvalue weighted by molar-refractivity contribution is -0.116. The second-order valence-electron chi connectivity index (χ2n) is 5.54. The number of carbonyl (C=O) groups is 2. The van der Waals surface area contributed by atoms with E-state index in [-0.39, 0.29) is 24.5 Å². The Bertz CT molecular complexity index is 710. The first-order valence-electron chi connectivity index (χ1n) is 8.33. The highest BCUT2D eigenvalue weighted by Crippen LogP contribution is 2.23. The molecule has 0 spiro atoms. The number of para-hydroxylation sites is 2. The quantitative estimate of drug-likeness (QED) is 0.698. The molecule has 2 aromatic carbocycles. The van der Waals surface area contributed by atoms with Crippen molar-refractivity contribution in [2.45, 2.75) is 26.2 Å². The van der Waals surface area contributed by atoms with Gasteiger partial charge in [0.2, 0.25) is 5.91 Å². The highest BCUT2D eigenvalue weighted by atomic mass is 16.5. The van der Waals surface area contributed by atoms with E-state index in [1.54, 1.807) is 43.5 Å². The molecule has 0 fully saturated rings. The summed E-state index contributed by atoms with van der Waals surface area (Å²) in [5.41, 5.74) is 1.17. The van der Waals surface area contributed by atoms with Crippen LogP contribution in [-0.4, -0.2) is 25.4 Å². The molecule has 0 saturated carbocycles. The van der Waals surface area contributed by atoms with Crippen LogP contribution >= 0.6 is 0 Å². The first-order chi connectivity index (χ1) is 12.1. The van der Waals surface area contributed by atoms with Gasteiger partial charge in [0, 0.05) is 18.4 Å². The van der Waals surface area contributed by atoms with E-state index in [2.05, 4.69) is 5.32 Å². The van der Waals surface area contributed by atoms with Crippen LogP contribution < -0.4 is 14.8 Å². The fourth-order valence-corrected chi connectivity index (χ4v) is 2.29. The van der Waals surface area contributed by atoms with Gasteiger partial charge in [0.05, 0.1) is 19.4 Å². The van der Waals surface area contributed by atoms with Gasteiger partial charge in [-0.2, -0.15) is 0 Å². The normalized spacial score (nSPS) is 10.2. The second-order valence-corrected chi connectivity index (χ2v) is 5.54. The molecule has 0 bridgehead atoms. The van der Waals surface area contributed by atoms with Crippen molar-refractivity contribution in [2.24, 2.45) is 0 Å². The number of methoxy groups -OCH3 is 1. The van der Waals surface area contributed by atoms with Gasteiger partial charge in [0.25, 0.3) is 0 Å². The molecule has 0 atom stereocenters. The molecule has 0 unspecified atom stereocenters. The number of hydrogen-bond acceptors (Lipinski definition) is 4. The zero-order valence-corrected chi connectivity index (χ0v) is 14.6. The number of benzene rings is 2. The summed E-state index contributed by atoms with van der Waals surface area (Å²) in [7, 11) is 1.54. The van der Waals surface area contributed by atoms with Crippen LogP contribution in [0.3, 0.4) is 0 Å². The molecule has 0 heterocycles. The number of amides is 1. The van der Waals surface area contributed by atoms with Gasteiger partial charge >= 0.3 is 0 Å². The number of ether oxygens (including phenoxy) is 2. The smallest absolute Gasteiger partial charge is 0.224 e. The summed E-state index contributed by atoms with van der Waals surface area (Å²) in [4.78, 5) is 24.3. The van der Waals surface area contributed by atoms with Crippen molar-refractivity contribution in [1.29, 1.82) is 0 Å². The molecule has 132 valence electrons. The molecule has 0 aliphatic heterocycles. The van der Waals surface area contributed by atoms with Crippen molar-refractivity contribution >= 4 is 17.4 Å². The molecule has 0 aromatic heterocycles. The van der Waals surface area contributed by atoms with Crippen LogP contribution in [0.15, 0.2) is 48.5 Å². The zero-order chi connectivity index (χ0) is 18.1. The third kappa shape index (κ3) is 5.64. The van der Waals surface area contributed by atoms with E-state index in [1.807, 2.05) is 19.1 Å². The highest BCUT2D eigenvalue weighted by molar-refractivity contribution is 6.00. The third-order valence-corrected chi connectivity index (χ3v) is 3.61. The summed E-state index contributed by atoms with van der Waals surface area (Å²) >= 11 is 0. The molecule has 2 aromatic rings. The Morgan fingerprint density at radius 2 is 1.72 bits per heavy atom. The molecular weight excluding hydrogens is 318 g/mol. The van der Waals surface area contributed by atoms with E-state index in [1.165, 1.54) is 0 Å². The van der Waals surface area contributed by atoms with Gasteiger partial charge in [-0.1, -0.05) is 19.1 Å². The number of anilines is 1. The fraction of sp³-hybridized carbons (Fsp3) is 0.300. The topological polar surface area (TPSA) is 64.6 Å². The van der Waals surface area contributed by atoms with Crippen LogP contribution in [0.5, 0.6) is 11.5 Å². The minimum Gasteiger partial charge on any atom is -0.495 e. The van der Waals surface area contributed by atoms with Crippen molar-refractivity contribution in [3.63, 3.8) is 0 Å². The molecule has 25 heavy (non-hydrogen) atoms. The Morgan fingerprint density at radius 1 is 1.00 bits per heavy atom. The monoisotopic (exact) mass is 341 g/mol. The number of Topliss-reactive ketones (excluding diaryl/α,β-unsaturated/α-hetero) is 1. The highest BCUT2D eigenvalue weighted by Gasteiger charge is 2.11. The van der Waals surface area contributed by atoms with Crippen LogP contribution in [-0.2, 0) is 4.79 Å². The number of hydrogen-bond donors (Lipinski definition) is 1. The van der Waals surface area contributed by atoms with Gasteiger partial charge in [-0.3, -0.25) is 9.59 Å². The van der Waals surface area contributed by atoms with Crippen LogP contribution in [0.1, 0.15) is 36.5 Å². The first-order valence-corrected chi connectivity index (χ1v) is 8.33. The van der Waals surface area contributed by atoms with Gasteiger partial charge in [0.1, 0.15) is 11.5 Å². The maximum Gasteiger partial charge on any atom is 0.224 e. The van der Waals surface area contributed by atoms with Crippen molar-refractivity contribution in [3.05, 3.63) is 54.1 Å². The fourth-order valence-electron chi connectivity index (χ4n) is 2.29. The number of carbonyl (C=O) groups excluding carboxylic acids is 2. The molecule has 1 amide bonds. The Labute approximate surface area is 148 Å². The zero-order valence-electron chi connectivity index (χ0n) is 14.6. The summed E-state index contributed by atoms with van der Waals surface area (Å²) in [6, 6.07) is 14.2. The Balaban J connectivity index is 1.85. The summed E-state index contributed by atoms with van der Waals surface area (Å²) in [5.74, 6) is 1.04. The average Bonchev–Trinajstić information content (AvgIpc) is 2.65. The lowest BCUT2D eigenvalue weighted by Crippen LogP contribution is -2.14. The largest absolute Gasteiger partial charge is 0.495 e. The third-order valence-electron chi connectivity index (χ3n) is 3.61. The van der Waals surface area contributed by atoms with Crippen molar-refractivity contribution in [1.82, 2.24) is 0 Å².